The lowest BCUT2D eigenvalue weighted by molar-refractivity contribution is 0.0893. The standard InChI is InChI=1S/C15H13BrO3/c1-9-6-13(10(2)19-9)15(18)8-14(17)11-4-3-5-12(16)7-11/h3-7H,8H2,1-2H3. The summed E-state index contributed by atoms with van der Waals surface area (Å²) < 4.78 is 6.12. The SMILES string of the molecule is Cc1cc(C(=O)CC(=O)c2cccc(Br)c2)c(C)o1. The zero-order valence-electron chi connectivity index (χ0n) is 10.7. The Hall–Kier alpha value is -1.68. The van der Waals surface area contributed by atoms with Crippen molar-refractivity contribution in [3.8, 4) is 0 Å². The Morgan fingerprint density at radius 2 is 1.89 bits per heavy atom. The average Bonchev–Trinajstić information content (AvgIpc) is 2.68. The van der Waals surface area contributed by atoms with Crippen LogP contribution in [0.3, 0.4) is 0 Å². The second-order valence-electron chi connectivity index (χ2n) is 4.36. The highest BCUT2D eigenvalue weighted by Crippen LogP contribution is 2.18. The van der Waals surface area contributed by atoms with E-state index in [4.69, 9.17) is 4.42 Å². The lowest BCUT2D eigenvalue weighted by Gasteiger charge is -2.01. The van der Waals surface area contributed by atoms with E-state index in [0.29, 0.717) is 22.6 Å². The molecule has 0 fully saturated rings. The Balaban J connectivity index is 2.15. The van der Waals surface area contributed by atoms with Gasteiger partial charge in [0.2, 0.25) is 0 Å². The summed E-state index contributed by atoms with van der Waals surface area (Å²) in [6.45, 7) is 3.50. The van der Waals surface area contributed by atoms with Gasteiger partial charge in [0.15, 0.2) is 11.6 Å². The van der Waals surface area contributed by atoms with Crippen LogP contribution in [0, 0.1) is 13.8 Å². The summed E-state index contributed by atoms with van der Waals surface area (Å²) in [6, 6.07) is 8.69. The van der Waals surface area contributed by atoms with Gasteiger partial charge >= 0.3 is 0 Å². The van der Waals surface area contributed by atoms with E-state index in [1.807, 2.05) is 6.07 Å². The predicted molar refractivity (Wildman–Crippen MR) is 75.6 cm³/mol. The molecule has 1 aromatic carbocycles. The topological polar surface area (TPSA) is 47.3 Å². The van der Waals surface area contributed by atoms with Crippen LogP contribution in [0.2, 0.25) is 0 Å². The first-order valence-electron chi connectivity index (χ1n) is 5.86. The lowest BCUT2D eigenvalue weighted by Crippen LogP contribution is -2.08. The van der Waals surface area contributed by atoms with Crippen LogP contribution >= 0.6 is 15.9 Å². The van der Waals surface area contributed by atoms with Crippen LogP contribution in [0.15, 0.2) is 39.2 Å². The Kier molecular flexibility index (Phi) is 4.00. The first kappa shape index (κ1) is 13.7. The van der Waals surface area contributed by atoms with Crippen molar-refractivity contribution >= 4 is 27.5 Å². The van der Waals surface area contributed by atoms with E-state index < -0.39 is 0 Å². The average molecular weight is 321 g/mol. The fourth-order valence-electron chi connectivity index (χ4n) is 1.91. The number of furan rings is 1. The largest absolute Gasteiger partial charge is 0.466 e. The Morgan fingerprint density at radius 3 is 2.47 bits per heavy atom. The maximum absolute atomic E-state index is 12.1. The third-order valence-electron chi connectivity index (χ3n) is 2.81. The number of halogens is 1. The third kappa shape index (κ3) is 3.20. The van der Waals surface area contributed by atoms with Gasteiger partial charge in [-0.3, -0.25) is 9.59 Å². The third-order valence-corrected chi connectivity index (χ3v) is 3.30. The number of aryl methyl sites for hydroxylation is 2. The van der Waals surface area contributed by atoms with E-state index in [2.05, 4.69) is 15.9 Å². The van der Waals surface area contributed by atoms with Gasteiger partial charge in [-0.2, -0.15) is 0 Å². The molecular formula is C15H13BrO3. The van der Waals surface area contributed by atoms with Crippen molar-refractivity contribution in [3.63, 3.8) is 0 Å². The van der Waals surface area contributed by atoms with Crippen molar-refractivity contribution < 1.29 is 14.0 Å². The van der Waals surface area contributed by atoms with E-state index in [9.17, 15) is 9.59 Å². The second kappa shape index (κ2) is 5.53. The summed E-state index contributed by atoms with van der Waals surface area (Å²) in [5.74, 6) is 0.837. The number of rotatable bonds is 4. The van der Waals surface area contributed by atoms with E-state index >= 15 is 0 Å². The molecule has 0 N–H and O–H groups in total. The van der Waals surface area contributed by atoms with E-state index in [0.717, 1.165) is 4.47 Å². The maximum atomic E-state index is 12.1. The van der Waals surface area contributed by atoms with Gasteiger partial charge < -0.3 is 4.42 Å². The van der Waals surface area contributed by atoms with Gasteiger partial charge in [0.1, 0.15) is 11.5 Å². The van der Waals surface area contributed by atoms with E-state index in [1.165, 1.54) is 0 Å². The van der Waals surface area contributed by atoms with Crippen molar-refractivity contribution in [2.24, 2.45) is 0 Å². The molecule has 2 rings (SSSR count). The Labute approximate surface area is 119 Å². The van der Waals surface area contributed by atoms with Crippen molar-refractivity contribution in [2.45, 2.75) is 20.3 Å². The van der Waals surface area contributed by atoms with Crippen LogP contribution in [0.4, 0.5) is 0 Å². The van der Waals surface area contributed by atoms with Crippen LogP contribution < -0.4 is 0 Å². The molecule has 0 aliphatic carbocycles. The summed E-state index contributed by atoms with van der Waals surface area (Å²) in [5.41, 5.74) is 1.02. The minimum atomic E-state index is -0.209. The molecule has 0 aliphatic rings. The maximum Gasteiger partial charge on any atom is 0.174 e. The van der Waals surface area contributed by atoms with Crippen LogP contribution in [-0.2, 0) is 0 Å². The number of hydrogen-bond acceptors (Lipinski definition) is 3. The van der Waals surface area contributed by atoms with E-state index in [1.54, 1.807) is 38.1 Å². The quantitative estimate of drug-likeness (QED) is 0.629. The van der Waals surface area contributed by atoms with Crippen LogP contribution in [-0.4, -0.2) is 11.6 Å². The van der Waals surface area contributed by atoms with Gasteiger partial charge in [0, 0.05) is 10.0 Å². The smallest absolute Gasteiger partial charge is 0.174 e. The fraction of sp³-hybridized carbons (Fsp3) is 0.200. The monoisotopic (exact) mass is 320 g/mol. The molecule has 0 bridgehead atoms. The van der Waals surface area contributed by atoms with Gasteiger partial charge in [0.25, 0.3) is 0 Å². The summed E-state index contributed by atoms with van der Waals surface area (Å²) in [6.07, 6.45) is -0.143. The minimum Gasteiger partial charge on any atom is -0.466 e. The van der Waals surface area contributed by atoms with Crippen molar-refractivity contribution in [1.29, 1.82) is 0 Å². The minimum absolute atomic E-state index is 0.143. The molecule has 0 saturated heterocycles. The summed E-state index contributed by atoms with van der Waals surface area (Å²) in [5, 5.41) is 0. The molecule has 0 atom stereocenters. The van der Waals surface area contributed by atoms with Gasteiger partial charge in [0.05, 0.1) is 12.0 Å². The highest BCUT2D eigenvalue weighted by atomic mass is 79.9. The second-order valence-corrected chi connectivity index (χ2v) is 5.28. The molecule has 0 radical (unpaired) electrons. The molecule has 0 spiro atoms. The molecule has 0 saturated carbocycles. The van der Waals surface area contributed by atoms with Gasteiger partial charge in [-0.15, -0.1) is 0 Å². The molecule has 1 aromatic heterocycles. The van der Waals surface area contributed by atoms with Crippen molar-refractivity contribution in [2.75, 3.05) is 0 Å². The van der Waals surface area contributed by atoms with Gasteiger partial charge in [-0.1, -0.05) is 28.1 Å². The number of carbonyl (C=O) groups is 2. The predicted octanol–water partition coefficient (Wildman–Crippen LogP) is 4.11. The summed E-state index contributed by atoms with van der Waals surface area (Å²) >= 11 is 3.30. The number of hydrogen-bond donors (Lipinski definition) is 0. The zero-order valence-corrected chi connectivity index (χ0v) is 12.3. The molecule has 0 unspecified atom stereocenters. The zero-order chi connectivity index (χ0) is 14.0. The highest BCUT2D eigenvalue weighted by Gasteiger charge is 2.18. The molecular weight excluding hydrogens is 308 g/mol. The molecule has 4 heteroatoms. The van der Waals surface area contributed by atoms with Gasteiger partial charge in [-0.05, 0) is 32.0 Å². The lowest BCUT2D eigenvalue weighted by atomic mass is 10.0. The molecule has 19 heavy (non-hydrogen) atoms. The number of ketones is 2. The van der Waals surface area contributed by atoms with Crippen LogP contribution in [0.1, 0.15) is 38.7 Å². The molecule has 3 nitrogen and oxygen atoms in total. The van der Waals surface area contributed by atoms with Crippen LogP contribution in [0.5, 0.6) is 0 Å². The number of carbonyl (C=O) groups excluding carboxylic acids is 2. The van der Waals surface area contributed by atoms with E-state index in [-0.39, 0.29) is 18.0 Å². The first-order chi connectivity index (χ1) is 8.97. The van der Waals surface area contributed by atoms with Crippen LogP contribution in [0.25, 0.3) is 0 Å². The Morgan fingerprint density at radius 1 is 1.16 bits per heavy atom. The molecule has 98 valence electrons. The van der Waals surface area contributed by atoms with Crippen molar-refractivity contribution in [3.05, 3.63) is 57.5 Å². The van der Waals surface area contributed by atoms with Crippen molar-refractivity contribution in [1.82, 2.24) is 0 Å². The number of Topliss-reactive ketones (excluding diaryl/α,β-unsaturated/α-hetero) is 2. The molecule has 2 aromatic rings. The summed E-state index contributed by atoms with van der Waals surface area (Å²) in [7, 11) is 0. The van der Waals surface area contributed by atoms with Gasteiger partial charge in [-0.25, -0.2) is 0 Å². The molecule has 1 heterocycles. The Bertz CT molecular complexity index is 641. The fourth-order valence-corrected chi connectivity index (χ4v) is 2.31. The first-order valence-corrected chi connectivity index (χ1v) is 6.65. The molecule has 0 aliphatic heterocycles. The molecule has 0 amide bonds. The normalized spacial score (nSPS) is 10.5. The highest BCUT2D eigenvalue weighted by molar-refractivity contribution is 9.10. The number of benzene rings is 1. The summed E-state index contributed by atoms with van der Waals surface area (Å²) in [4.78, 5) is 24.1.